The van der Waals surface area contributed by atoms with Gasteiger partial charge in [-0.3, -0.25) is 0 Å². The molecule has 8 aromatic rings. The van der Waals surface area contributed by atoms with Crippen LogP contribution >= 0.6 is 0 Å². The van der Waals surface area contributed by atoms with Gasteiger partial charge in [-0.05, 0) is 83.9 Å². The Morgan fingerprint density at radius 1 is 0.634 bits per heavy atom. The Hall–Kier alpha value is -9.08. The molecule has 0 saturated carbocycles. The van der Waals surface area contributed by atoms with Crippen molar-refractivity contribution in [3.63, 3.8) is 0 Å². The lowest BCUT2D eigenvalue weighted by atomic mass is 9.63. The standard InChI is InChI=1S/C60H48B2N8O/c1-67-54-27-8-6-25-51(54)66-60(67)70-53-26-7-5-20-45(53)46-31-30-44(40-57(46)70)71-58-39-43(38-52(65-58)42-18-3-2-4-19-42)68-41-69(56-29-10-9-28-55(56)68)59-47(49-23-16-36-63-34-13-11-32-61-49)21-15-22-48(59)50-24-17-37-64-35-14-12-33-62-50/h2-40,60,63-64,66H,41H2,1H3/b32-11-,33-12-,34-13-,35-14-,36-16-,37-17-,49-23-,50-24-/i1D3,2D,3D,4D,5D,7D,18D,19D,20D,26D. The third-order valence-corrected chi connectivity index (χ3v) is 12.4. The molecule has 4 aliphatic heterocycles. The number of hydrogen-bond donors (Lipinski definition) is 3. The van der Waals surface area contributed by atoms with Crippen LogP contribution < -0.4 is 35.4 Å². The first-order chi connectivity index (χ1) is 40.1. The lowest BCUT2D eigenvalue weighted by Crippen LogP contribution is -2.29. The van der Waals surface area contributed by atoms with Crippen LogP contribution in [-0.4, -0.2) is 37.8 Å². The van der Waals surface area contributed by atoms with E-state index in [4.69, 9.17) is 24.8 Å². The number of allylic oxidation sites excluding steroid dienone is 8. The maximum Gasteiger partial charge on any atom is 0.221 e. The highest BCUT2D eigenvalue weighted by Crippen LogP contribution is 2.49. The van der Waals surface area contributed by atoms with Crippen molar-refractivity contribution in [2.24, 2.45) is 0 Å². The van der Waals surface area contributed by atoms with Crippen molar-refractivity contribution in [1.29, 1.82) is 0 Å². The molecule has 0 spiro atoms. The summed E-state index contributed by atoms with van der Waals surface area (Å²) in [6, 6.07) is 24.9. The molecule has 2 aromatic heterocycles. The molecule has 0 bridgehead atoms. The van der Waals surface area contributed by atoms with Crippen LogP contribution in [0.2, 0.25) is 0 Å². The van der Waals surface area contributed by atoms with E-state index in [0.717, 1.165) is 39.1 Å². The number of nitrogens with one attached hydrogen (secondary N) is 3. The summed E-state index contributed by atoms with van der Waals surface area (Å²) >= 11 is 0. The first-order valence-corrected chi connectivity index (χ1v) is 22.9. The van der Waals surface area contributed by atoms with Crippen LogP contribution in [-0.2, 0) is 0 Å². The number of hydrogen-bond acceptors (Lipinski definition) is 8. The van der Waals surface area contributed by atoms with Gasteiger partial charge in [-0.15, -0.1) is 12.0 Å². The molecule has 6 heterocycles. The first kappa shape index (κ1) is 31.9. The predicted molar refractivity (Wildman–Crippen MR) is 297 cm³/mol. The van der Waals surface area contributed by atoms with Crippen LogP contribution in [0.4, 0.5) is 34.1 Å². The average molecular weight is 931 g/mol. The van der Waals surface area contributed by atoms with E-state index in [1.807, 2.05) is 121 Å². The highest BCUT2D eigenvalue weighted by atomic mass is 16.5. The summed E-state index contributed by atoms with van der Waals surface area (Å²) in [6.07, 6.45) is 21.8. The largest absolute Gasteiger partial charge is 0.439 e. The van der Waals surface area contributed by atoms with Gasteiger partial charge in [-0.2, -0.15) is 0 Å². The Bertz CT molecular complexity index is 4150. The van der Waals surface area contributed by atoms with E-state index in [1.54, 1.807) is 59.2 Å². The fraction of sp³-hybridized carbons (Fsp3) is 0.0500. The number of pyridine rings is 1. The summed E-state index contributed by atoms with van der Waals surface area (Å²) in [7, 11) is 4.11. The zero-order valence-electron chi connectivity index (χ0n) is 49.9. The first-order valence-electron chi connectivity index (χ1n) is 28.9. The Morgan fingerprint density at radius 2 is 1.31 bits per heavy atom. The molecule has 1 atom stereocenters. The second-order valence-electron chi connectivity index (χ2n) is 16.6. The maximum atomic E-state index is 9.23. The second kappa shape index (κ2) is 19.1. The zero-order chi connectivity index (χ0) is 57.8. The third kappa shape index (κ3) is 8.37. The van der Waals surface area contributed by atoms with Gasteiger partial charge in [0.05, 0.1) is 63.2 Å². The summed E-state index contributed by atoms with van der Waals surface area (Å²) in [5, 5.41) is 10.2. The predicted octanol–water partition coefficient (Wildman–Crippen LogP) is 13.3. The number of fused-ring (bicyclic) bond motifs is 5. The molecule has 6 aromatic carbocycles. The van der Waals surface area contributed by atoms with Gasteiger partial charge in [0.15, 0.2) is 20.8 Å². The van der Waals surface area contributed by atoms with E-state index in [2.05, 4.69) is 47.5 Å². The molecule has 0 saturated heterocycles. The molecule has 1 unspecified atom stereocenters. The summed E-state index contributed by atoms with van der Waals surface area (Å²) in [5.74, 6) is 4.07. The summed E-state index contributed by atoms with van der Waals surface area (Å²) in [6.45, 7) is -2.53. The van der Waals surface area contributed by atoms with Crippen LogP contribution in [0.25, 0.3) is 44.0 Å². The molecular weight excluding hydrogens is 870 g/mol. The van der Waals surface area contributed by atoms with E-state index < -0.39 is 55.6 Å². The Balaban J connectivity index is 1.04. The number of anilines is 6. The van der Waals surface area contributed by atoms with E-state index >= 15 is 0 Å². The molecule has 9 nitrogen and oxygen atoms in total. The smallest absolute Gasteiger partial charge is 0.221 e. The van der Waals surface area contributed by atoms with Gasteiger partial charge in [-0.1, -0.05) is 126 Å². The molecule has 12 rings (SSSR count). The molecule has 340 valence electrons. The van der Waals surface area contributed by atoms with Gasteiger partial charge in [0.1, 0.15) is 12.4 Å². The van der Waals surface area contributed by atoms with Gasteiger partial charge in [0, 0.05) is 64.4 Å². The van der Waals surface area contributed by atoms with Crippen molar-refractivity contribution >= 4 is 81.4 Å². The van der Waals surface area contributed by atoms with Gasteiger partial charge in [-0.25, -0.2) is 4.98 Å². The van der Waals surface area contributed by atoms with Crippen LogP contribution in [0.15, 0.2) is 237 Å². The number of benzene rings is 6. The molecule has 0 amide bonds. The fourth-order valence-electron chi connectivity index (χ4n) is 9.28. The SMILES string of the molecule is [2H]c1c([2H])c([2H])c(-c2cc(N3CN(c4c(/C5=C/C=C\N/C=C\C=C/[B]5)cccc4/C4=C/C=C\N/C=C\C=C/[B]4)c4ccccc43)cc(Oc3ccc4c5c([2H])c([2H])c([2H])c([2H])c5n(C5Nc6ccccc6N5C([2H])([2H])[2H])c4c3)n2)c([2H])c1[2H]. The van der Waals surface area contributed by atoms with E-state index in [1.165, 1.54) is 4.90 Å². The van der Waals surface area contributed by atoms with Crippen LogP contribution in [0, 0.1) is 0 Å². The van der Waals surface area contributed by atoms with Gasteiger partial charge >= 0.3 is 0 Å². The minimum atomic E-state index is -2.73. The molecule has 0 aliphatic carbocycles. The van der Waals surface area contributed by atoms with Crippen molar-refractivity contribution in [2.75, 3.05) is 33.7 Å². The minimum absolute atomic E-state index is 0.0107. The molecule has 0 fully saturated rings. The van der Waals surface area contributed by atoms with E-state index in [0.29, 0.717) is 28.0 Å². The summed E-state index contributed by atoms with van der Waals surface area (Å²) in [5.41, 5.74) is 7.65. The average Bonchev–Trinajstić information content (AvgIpc) is 2.22. The Kier molecular flexibility index (Phi) is 8.59. The van der Waals surface area contributed by atoms with E-state index in [9.17, 15) is 1.37 Å². The Morgan fingerprint density at radius 3 is 2.06 bits per heavy atom. The highest BCUT2D eigenvalue weighted by Gasteiger charge is 2.33. The van der Waals surface area contributed by atoms with Crippen LogP contribution in [0.1, 0.15) is 33.9 Å². The van der Waals surface area contributed by atoms with Gasteiger partial charge in [0.2, 0.25) is 5.88 Å². The summed E-state index contributed by atoms with van der Waals surface area (Å²) in [4.78, 5) is 10.3. The van der Waals surface area contributed by atoms with Crippen molar-refractivity contribution in [2.45, 2.75) is 6.29 Å². The second-order valence-corrected chi connectivity index (χ2v) is 16.6. The van der Waals surface area contributed by atoms with Gasteiger partial charge in [0.25, 0.3) is 0 Å². The minimum Gasteiger partial charge on any atom is -0.439 e. The quantitative estimate of drug-likeness (QED) is 0.130. The van der Waals surface area contributed by atoms with Crippen molar-refractivity contribution in [1.82, 2.24) is 20.2 Å². The van der Waals surface area contributed by atoms with E-state index in [-0.39, 0.29) is 52.5 Å². The lowest BCUT2D eigenvalue weighted by Gasteiger charge is -2.28. The number of aromatic nitrogens is 2. The molecular formula is C60H48B2N8O. The summed E-state index contributed by atoms with van der Waals surface area (Å²) < 4.78 is 114. The zero-order valence-corrected chi connectivity index (χ0v) is 37.9. The normalized spacial score (nSPS) is 22.8. The lowest BCUT2D eigenvalue weighted by molar-refractivity contribution is 0.464. The number of rotatable bonds is 8. The fourth-order valence-corrected chi connectivity index (χ4v) is 9.28. The monoisotopic (exact) mass is 930 g/mol. The van der Waals surface area contributed by atoms with Crippen LogP contribution in [0.5, 0.6) is 11.6 Å². The molecule has 3 N–H and O–H groups in total. The van der Waals surface area contributed by atoms with Crippen LogP contribution in [0.3, 0.4) is 0 Å². The Labute approximate surface area is 432 Å². The molecule has 11 heteroatoms. The maximum absolute atomic E-state index is 9.23. The van der Waals surface area contributed by atoms with Gasteiger partial charge < -0.3 is 40.0 Å². The van der Waals surface area contributed by atoms with Crippen molar-refractivity contribution in [3.05, 3.63) is 248 Å². The number of nitrogens with zero attached hydrogens (tertiary/aromatic N) is 5. The third-order valence-electron chi connectivity index (χ3n) is 12.4. The highest BCUT2D eigenvalue weighted by molar-refractivity contribution is 6.67. The van der Waals surface area contributed by atoms with Crippen molar-refractivity contribution < 1.29 is 21.2 Å². The molecule has 71 heavy (non-hydrogen) atoms. The topological polar surface area (TPSA) is 72.9 Å². The molecule has 2 radical (unpaired) electrons. The molecule has 4 aliphatic rings. The number of ether oxygens (including phenoxy) is 1. The number of para-hydroxylation sites is 6. The van der Waals surface area contributed by atoms with Crippen molar-refractivity contribution in [3.8, 4) is 22.9 Å².